The lowest BCUT2D eigenvalue weighted by atomic mass is 9.85. The summed E-state index contributed by atoms with van der Waals surface area (Å²) in [6, 6.07) is 14.3. The molecule has 1 N–H and O–H groups in total. The van der Waals surface area contributed by atoms with Crippen LogP contribution in [0.4, 0.5) is 5.69 Å². The highest BCUT2D eigenvalue weighted by Gasteiger charge is 2.36. The van der Waals surface area contributed by atoms with Crippen molar-refractivity contribution in [2.24, 2.45) is 0 Å². The van der Waals surface area contributed by atoms with E-state index in [0.29, 0.717) is 26.3 Å². The molecule has 0 aromatic heterocycles. The van der Waals surface area contributed by atoms with Crippen LogP contribution >= 0.6 is 0 Å². The lowest BCUT2D eigenvalue weighted by Crippen LogP contribution is -2.51. The Morgan fingerprint density at radius 3 is 2.55 bits per heavy atom. The first-order valence-electron chi connectivity index (χ1n) is 13.3. The number of ether oxygens (including phenoxy) is 5. The number of amides is 1. The Bertz CT molecular complexity index is 1030. The Morgan fingerprint density at radius 2 is 1.84 bits per heavy atom. The van der Waals surface area contributed by atoms with Crippen LogP contribution in [-0.4, -0.2) is 97.3 Å². The van der Waals surface area contributed by atoms with E-state index in [-0.39, 0.29) is 30.6 Å². The van der Waals surface area contributed by atoms with Crippen LogP contribution in [0.2, 0.25) is 0 Å². The summed E-state index contributed by atoms with van der Waals surface area (Å²) < 4.78 is 29.2. The molecule has 1 amide bonds. The van der Waals surface area contributed by atoms with E-state index in [1.165, 1.54) is 0 Å². The second kappa shape index (κ2) is 13.8. The lowest BCUT2D eigenvalue weighted by molar-refractivity contribution is -0.138. The highest BCUT2D eigenvalue weighted by Crippen LogP contribution is 2.35. The van der Waals surface area contributed by atoms with Crippen LogP contribution in [0.3, 0.4) is 0 Å². The largest absolute Gasteiger partial charge is 0.497 e. The van der Waals surface area contributed by atoms with Crippen molar-refractivity contribution < 1.29 is 28.5 Å². The average molecular weight is 528 g/mol. The molecule has 2 aliphatic heterocycles. The number of carbonyl (C=O) groups excluding carboxylic acids is 1. The van der Waals surface area contributed by atoms with Crippen LogP contribution in [0.15, 0.2) is 42.5 Å². The number of hydrogen-bond acceptors (Lipinski definition) is 8. The van der Waals surface area contributed by atoms with E-state index in [0.717, 1.165) is 54.4 Å². The SMILES string of the molecule is COCCCN1CCOc2ccc(CO[C@H]3CNC[C@@H](OCC(=O)N(C)C)[C@@H]3c3ccc(OC)cc3)cc21. The van der Waals surface area contributed by atoms with Gasteiger partial charge in [0.15, 0.2) is 0 Å². The molecule has 9 heteroatoms. The standard InChI is InChI=1S/C29H41N3O6/c1-31(2)28(33)20-38-27-18-30-17-26(29(27)22-7-9-23(35-4)10-8-22)37-19-21-6-11-25-24(16-21)32(13-15-36-25)12-5-14-34-3/h6-11,16,26-27,29-30H,5,12-15,17-20H2,1-4H3/t26-,27+,29+/m0/s1. The van der Waals surface area contributed by atoms with Gasteiger partial charge in [0.05, 0.1) is 38.2 Å². The van der Waals surface area contributed by atoms with Gasteiger partial charge in [-0.3, -0.25) is 4.79 Å². The molecule has 38 heavy (non-hydrogen) atoms. The molecule has 0 saturated carbocycles. The average Bonchev–Trinajstić information content (AvgIpc) is 2.95. The summed E-state index contributed by atoms with van der Waals surface area (Å²) in [5.41, 5.74) is 3.29. The number of benzene rings is 2. The minimum Gasteiger partial charge on any atom is -0.497 e. The van der Waals surface area contributed by atoms with Gasteiger partial charge < -0.3 is 38.8 Å². The molecule has 208 valence electrons. The van der Waals surface area contributed by atoms with Gasteiger partial charge in [-0.2, -0.15) is 0 Å². The summed E-state index contributed by atoms with van der Waals surface area (Å²) in [5.74, 6) is 1.61. The first kappa shape index (κ1) is 28.2. The third-order valence-electron chi connectivity index (χ3n) is 7.14. The van der Waals surface area contributed by atoms with Crippen molar-refractivity contribution in [3.8, 4) is 11.5 Å². The zero-order chi connectivity index (χ0) is 26.9. The molecule has 0 spiro atoms. The lowest BCUT2D eigenvalue weighted by Gasteiger charge is -2.39. The number of methoxy groups -OCH3 is 2. The van der Waals surface area contributed by atoms with Crippen LogP contribution < -0.4 is 19.7 Å². The smallest absolute Gasteiger partial charge is 0.248 e. The van der Waals surface area contributed by atoms with Gasteiger partial charge in [-0.15, -0.1) is 0 Å². The van der Waals surface area contributed by atoms with E-state index in [1.54, 1.807) is 33.2 Å². The van der Waals surface area contributed by atoms with Crippen molar-refractivity contribution in [1.82, 2.24) is 10.2 Å². The number of fused-ring (bicyclic) bond motifs is 1. The zero-order valence-electron chi connectivity index (χ0n) is 23.0. The summed E-state index contributed by atoms with van der Waals surface area (Å²) in [6.45, 7) is 5.03. The third kappa shape index (κ3) is 7.17. The Hall–Kier alpha value is -2.85. The Kier molecular flexibility index (Phi) is 10.2. The number of nitrogens with zero attached hydrogens (tertiary/aromatic N) is 2. The van der Waals surface area contributed by atoms with Gasteiger partial charge in [-0.25, -0.2) is 0 Å². The maximum Gasteiger partial charge on any atom is 0.248 e. The van der Waals surface area contributed by atoms with E-state index >= 15 is 0 Å². The monoisotopic (exact) mass is 527 g/mol. The van der Waals surface area contributed by atoms with E-state index in [9.17, 15) is 4.79 Å². The molecule has 9 nitrogen and oxygen atoms in total. The predicted molar refractivity (Wildman–Crippen MR) is 146 cm³/mol. The molecular weight excluding hydrogens is 486 g/mol. The Morgan fingerprint density at radius 1 is 1.08 bits per heavy atom. The third-order valence-corrected chi connectivity index (χ3v) is 7.14. The van der Waals surface area contributed by atoms with Gasteiger partial charge in [-0.1, -0.05) is 18.2 Å². The highest BCUT2D eigenvalue weighted by atomic mass is 16.5. The summed E-state index contributed by atoms with van der Waals surface area (Å²) in [6.07, 6.45) is 0.618. The van der Waals surface area contributed by atoms with Gasteiger partial charge in [0.25, 0.3) is 0 Å². The van der Waals surface area contributed by atoms with Gasteiger partial charge in [0.1, 0.15) is 24.7 Å². The molecule has 0 bridgehead atoms. The highest BCUT2D eigenvalue weighted by molar-refractivity contribution is 5.76. The zero-order valence-corrected chi connectivity index (χ0v) is 23.0. The Labute approximate surface area is 225 Å². The number of carbonyl (C=O) groups is 1. The number of hydrogen-bond donors (Lipinski definition) is 1. The molecule has 2 aromatic carbocycles. The summed E-state index contributed by atoms with van der Waals surface area (Å²) in [4.78, 5) is 16.1. The van der Waals surface area contributed by atoms with Crippen molar-refractivity contribution in [2.45, 2.75) is 31.2 Å². The fourth-order valence-electron chi connectivity index (χ4n) is 4.99. The van der Waals surface area contributed by atoms with Crippen LogP contribution in [0.5, 0.6) is 11.5 Å². The van der Waals surface area contributed by atoms with Crippen molar-refractivity contribution in [2.75, 3.05) is 79.2 Å². The fraction of sp³-hybridized carbons (Fsp3) is 0.552. The molecule has 0 radical (unpaired) electrons. The second-order valence-electron chi connectivity index (χ2n) is 9.93. The van der Waals surface area contributed by atoms with Crippen LogP contribution in [-0.2, 0) is 25.6 Å². The molecule has 2 heterocycles. The maximum atomic E-state index is 12.2. The number of nitrogens with one attached hydrogen (secondary N) is 1. The van der Waals surface area contributed by atoms with Gasteiger partial charge in [0.2, 0.25) is 5.91 Å². The first-order valence-corrected chi connectivity index (χ1v) is 13.3. The molecule has 3 atom stereocenters. The number of rotatable bonds is 12. The van der Waals surface area contributed by atoms with Gasteiger partial charge in [-0.05, 0) is 41.8 Å². The molecule has 0 unspecified atom stereocenters. The van der Waals surface area contributed by atoms with E-state index < -0.39 is 0 Å². The number of anilines is 1. The minimum atomic E-state index is -0.209. The van der Waals surface area contributed by atoms with Gasteiger partial charge >= 0.3 is 0 Å². The van der Waals surface area contributed by atoms with Crippen LogP contribution in [0.1, 0.15) is 23.5 Å². The minimum absolute atomic E-state index is 0.0302. The van der Waals surface area contributed by atoms with E-state index in [2.05, 4.69) is 34.5 Å². The summed E-state index contributed by atoms with van der Waals surface area (Å²) in [5, 5.41) is 3.44. The van der Waals surface area contributed by atoms with Gasteiger partial charge in [0, 0.05) is 53.4 Å². The topological polar surface area (TPSA) is 81.7 Å². The number of piperidine rings is 1. The van der Waals surface area contributed by atoms with E-state index in [4.69, 9.17) is 23.7 Å². The molecule has 2 aromatic rings. The summed E-state index contributed by atoms with van der Waals surface area (Å²) >= 11 is 0. The second-order valence-corrected chi connectivity index (χ2v) is 9.93. The predicted octanol–water partition coefficient (Wildman–Crippen LogP) is 2.68. The molecule has 1 fully saturated rings. The quantitative estimate of drug-likeness (QED) is 0.422. The molecular formula is C29H41N3O6. The van der Waals surface area contributed by atoms with Crippen LogP contribution in [0.25, 0.3) is 0 Å². The molecule has 1 saturated heterocycles. The fourth-order valence-corrected chi connectivity index (χ4v) is 4.99. The van der Waals surface area contributed by atoms with Crippen LogP contribution in [0, 0.1) is 0 Å². The molecule has 2 aliphatic rings. The van der Waals surface area contributed by atoms with E-state index in [1.807, 2.05) is 18.2 Å². The number of likely N-dealkylation sites (N-methyl/N-ethyl adjacent to an activating group) is 1. The van der Waals surface area contributed by atoms with Crippen molar-refractivity contribution in [1.29, 1.82) is 0 Å². The maximum absolute atomic E-state index is 12.2. The van der Waals surface area contributed by atoms with Crippen molar-refractivity contribution in [3.63, 3.8) is 0 Å². The summed E-state index contributed by atoms with van der Waals surface area (Å²) in [7, 11) is 6.87. The molecule has 0 aliphatic carbocycles. The molecule has 4 rings (SSSR count). The Balaban J connectivity index is 1.49. The normalized spacial score (nSPS) is 20.9. The van der Waals surface area contributed by atoms with Crippen molar-refractivity contribution in [3.05, 3.63) is 53.6 Å². The van der Waals surface area contributed by atoms with Crippen molar-refractivity contribution >= 4 is 11.6 Å². The first-order chi connectivity index (χ1) is 18.5.